The van der Waals surface area contributed by atoms with Gasteiger partial charge < -0.3 is 4.90 Å². The minimum Gasteiger partial charge on any atom is -0.333 e. The van der Waals surface area contributed by atoms with Crippen LogP contribution in [0.5, 0.6) is 0 Å². The number of hydrogen-bond donors (Lipinski definition) is 0. The van der Waals surface area contributed by atoms with Crippen LogP contribution in [-0.4, -0.2) is 37.1 Å². The number of amides is 1. The van der Waals surface area contributed by atoms with Gasteiger partial charge in [-0.25, -0.2) is 4.98 Å². The van der Waals surface area contributed by atoms with Crippen molar-refractivity contribution in [3.63, 3.8) is 0 Å². The highest BCUT2D eigenvalue weighted by Gasteiger charge is 2.22. The fourth-order valence-corrected chi connectivity index (χ4v) is 2.84. The number of carbonyl (C=O) groups excluding carboxylic acids is 1. The van der Waals surface area contributed by atoms with Gasteiger partial charge in [-0.3, -0.25) is 9.36 Å². The minimum absolute atomic E-state index is 0.0468. The van der Waals surface area contributed by atoms with E-state index in [2.05, 4.69) is 27.3 Å². The molecule has 6 heteroatoms. The Labute approximate surface area is 133 Å². The molecule has 6 nitrogen and oxygen atoms in total. The number of benzene rings is 1. The number of nitrogens with zero attached hydrogens (tertiary/aromatic N) is 5. The summed E-state index contributed by atoms with van der Waals surface area (Å²) in [6.45, 7) is 1.35. The largest absolute Gasteiger partial charge is 0.333 e. The molecule has 114 valence electrons. The zero-order valence-electron chi connectivity index (χ0n) is 12.5. The van der Waals surface area contributed by atoms with E-state index >= 15 is 0 Å². The lowest BCUT2D eigenvalue weighted by Gasteiger charge is -2.28. The molecular weight excluding hydrogens is 290 g/mol. The second-order valence-electron chi connectivity index (χ2n) is 5.50. The maximum Gasteiger partial charge on any atom is 0.272 e. The molecule has 3 heterocycles. The molecule has 0 radical (unpaired) electrons. The SMILES string of the molecule is O=C(c1cccc(-n2cnnc2)n1)N1CCc2ccccc2C1. The summed E-state index contributed by atoms with van der Waals surface area (Å²) in [5.74, 6) is 0.590. The normalized spacial score (nSPS) is 13.7. The van der Waals surface area contributed by atoms with Crippen LogP contribution in [0.3, 0.4) is 0 Å². The van der Waals surface area contributed by atoms with Crippen molar-refractivity contribution in [3.8, 4) is 5.82 Å². The molecule has 0 spiro atoms. The van der Waals surface area contributed by atoms with Crippen LogP contribution in [0.2, 0.25) is 0 Å². The Morgan fingerprint density at radius 3 is 2.57 bits per heavy atom. The molecular formula is C17H15N5O. The average Bonchev–Trinajstić information content (AvgIpc) is 3.15. The molecule has 0 fully saturated rings. The highest BCUT2D eigenvalue weighted by atomic mass is 16.2. The number of pyridine rings is 1. The first-order valence-corrected chi connectivity index (χ1v) is 7.49. The average molecular weight is 305 g/mol. The predicted octanol–water partition coefficient (Wildman–Crippen LogP) is 1.86. The lowest BCUT2D eigenvalue weighted by Crippen LogP contribution is -2.36. The van der Waals surface area contributed by atoms with E-state index in [1.54, 1.807) is 23.3 Å². The van der Waals surface area contributed by atoms with Crippen molar-refractivity contribution in [2.24, 2.45) is 0 Å². The zero-order chi connectivity index (χ0) is 15.6. The lowest BCUT2D eigenvalue weighted by atomic mass is 10.00. The molecule has 1 aliphatic heterocycles. The van der Waals surface area contributed by atoms with Gasteiger partial charge in [0.2, 0.25) is 0 Å². The van der Waals surface area contributed by atoms with Gasteiger partial charge in [0, 0.05) is 13.1 Å². The number of aromatic nitrogens is 4. The maximum atomic E-state index is 12.8. The standard InChI is InChI=1S/C17H15N5O/c23-17(21-9-8-13-4-1-2-5-14(13)10-21)15-6-3-7-16(20-15)22-11-18-19-12-22/h1-7,11-12H,8-10H2. The summed E-state index contributed by atoms with van der Waals surface area (Å²) in [6, 6.07) is 13.7. The number of rotatable bonds is 2. The van der Waals surface area contributed by atoms with Gasteiger partial charge in [0.25, 0.3) is 5.91 Å². The molecule has 4 rings (SSSR count). The third-order valence-electron chi connectivity index (χ3n) is 4.05. The number of hydrogen-bond acceptors (Lipinski definition) is 4. The summed E-state index contributed by atoms with van der Waals surface area (Å²) < 4.78 is 1.68. The summed E-state index contributed by atoms with van der Waals surface area (Å²) in [5.41, 5.74) is 2.97. The summed E-state index contributed by atoms with van der Waals surface area (Å²) in [7, 11) is 0. The predicted molar refractivity (Wildman–Crippen MR) is 84.0 cm³/mol. The third kappa shape index (κ3) is 2.59. The molecule has 1 amide bonds. The molecule has 2 aromatic heterocycles. The van der Waals surface area contributed by atoms with Crippen LogP contribution >= 0.6 is 0 Å². The maximum absolute atomic E-state index is 12.8. The van der Waals surface area contributed by atoms with Crippen molar-refractivity contribution in [2.75, 3.05) is 6.54 Å². The lowest BCUT2D eigenvalue weighted by molar-refractivity contribution is 0.0728. The first-order chi connectivity index (χ1) is 11.3. The second-order valence-corrected chi connectivity index (χ2v) is 5.50. The molecule has 0 saturated carbocycles. The highest BCUT2D eigenvalue weighted by Crippen LogP contribution is 2.20. The van der Waals surface area contributed by atoms with Crippen molar-refractivity contribution in [1.29, 1.82) is 0 Å². The van der Waals surface area contributed by atoms with Gasteiger partial charge >= 0.3 is 0 Å². The Balaban J connectivity index is 1.59. The Hall–Kier alpha value is -3.02. The van der Waals surface area contributed by atoms with Gasteiger partial charge in [0.1, 0.15) is 24.2 Å². The zero-order valence-corrected chi connectivity index (χ0v) is 12.5. The Morgan fingerprint density at radius 1 is 0.957 bits per heavy atom. The fourth-order valence-electron chi connectivity index (χ4n) is 2.84. The van der Waals surface area contributed by atoms with E-state index in [-0.39, 0.29) is 5.91 Å². The Bertz CT molecular complexity index is 844. The van der Waals surface area contributed by atoms with E-state index in [1.165, 1.54) is 11.1 Å². The van der Waals surface area contributed by atoms with Gasteiger partial charge in [-0.05, 0) is 29.7 Å². The summed E-state index contributed by atoms with van der Waals surface area (Å²) in [4.78, 5) is 19.0. The Kier molecular flexibility index (Phi) is 3.34. The molecule has 0 N–H and O–H groups in total. The molecule has 1 aliphatic rings. The van der Waals surface area contributed by atoms with Crippen LogP contribution in [0.1, 0.15) is 21.6 Å². The molecule has 23 heavy (non-hydrogen) atoms. The highest BCUT2D eigenvalue weighted by molar-refractivity contribution is 5.92. The van der Waals surface area contributed by atoms with Crippen LogP contribution in [-0.2, 0) is 13.0 Å². The monoisotopic (exact) mass is 305 g/mol. The molecule has 3 aromatic rings. The quantitative estimate of drug-likeness (QED) is 0.725. The van der Waals surface area contributed by atoms with Crippen molar-refractivity contribution < 1.29 is 4.79 Å². The number of fused-ring (bicyclic) bond motifs is 1. The molecule has 0 atom stereocenters. The summed E-state index contributed by atoms with van der Waals surface area (Å²) in [5, 5.41) is 7.53. The van der Waals surface area contributed by atoms with Crippen molar-refractivity contribution in [2.45, 2.75) is 13.0 Å². The van der Waals surface area contributed by atoms with Crippen molar-refractivity contribution in [3.05, 3.63) is 71.9 Å². The molecule has 0 bridgehead atoms. The van der Waals surface area contributed by atoms with E-state index in [1.807, 2.05) is 29.2 Å². The van der Waals surface area contributed by atoms with Gasteiger partial charge in [-0.2, -0.15) is 0 Å². The smallest absolute Gasteiger partial charge is 0.272 e. The van der Waals surface area contributed by atoms with Crippen molar-refractivity contribution in [1.82, 2.24) is 24.6 Å². The van der Waals surface area contributed by atoms with Crippen molar-refractivity contribution >= 4 is 5.91 Å². The first-order valence-electron chi connectivity index (χ1n) is 7.49. The number of carbonyl (C=O) groups is 1. The van der Waals surface area contributed by atoms with Gasteiger partial charge in [0.15, 0.2) is 0 Å². The van der Waals surface area contributed by atoms with Crippen LogP contribution in [0.25, 0.3) is 5.82 Å². The minimum atomic E-state index is -0.0468. The third-order valence-corrected chi connectivity index (χ3v) is 4.05. The summed E-state index contributed by atoms with van der Waals surface area (Å²) in [6.07, 6.45) is 4.01. The van der Waals surface area contributed by atoms with Crippen LogP contribution in [0.15, 0.2) is 55.1 Å². The van der Waals surface area contributed by atoms with E-state index in [0.29, 0.717) is 24.6 Å². The topological polar surface area (TPSA) is 63.9 Å². The van der Waals surface area contributed by atoms with E-state index < -0.39 is 0 Å². The summed E-state index contributed by atoms with van der Waals surface area (Å²) >= 11 is 0. The van der Waals surface area contributed by atoms with Gasteiger partial charge in [-0.15, -0.1) is 10.2 Å². The van der Waals surface area contributed by atoms with Crippen LogP contribution < -0.4 is 0 Å². The van der Waals surface area contributed by atoms with Gasteiger partial charge in [-0.1, -0.05) is 30.3 Å². The van der Waals surface area contributed by atoms with Crippen LogP contribution in [0.4, 0.5) is 0 Å². The molecule has 0 aliphatic carbocycles. The van der Waals surface area contributed by atoms with E-state index in [4.69, 9.17) is 0 Å². The van der Waals surface area contributed by atoms with Crippen LogP contribution in [0, 0.1) is 0 Å². The molecule has 0 unspecified atom stereocenters. The second kappa shape index (κ2) is 5.64. The fraction of sp³-hybridized carbons (Fsp3) is 0.176. The molecule has 0 saturated heterocycles. The van der Waals surface area contributed by atoms with E-state index in [9.17, 15) is 4.79 Å². The van der Waals surface area contributed by atoms with Gasteiger partial charge in [0.05, 0.1) is 0 Å². The Morgan fingerprint density at radius 2 is 1.74 bits per heavy atom. The van der Waals surface area contributed by atoms with E-state index in [0.717, 1.165) is 6.42 Å². The molecule has 1 aromatic carbocycles. The first kappa shape index (κ1) is 13.6.